The Hall–Kier alpha value is -2.82. The first-order valence-electron chi connectivity index (χ1n) is 8.95. The van der Waals surface area contributed by atoms with E-state index in [1.54, 1.807) is 29.2 Å². The minimum absolute atomic E-state index is 0.0281. The minimum atomic E-state index is -0.154. The average molecular weight is 353 g/mol. The van der Waals surface area contributed by atoms with Gasteiger partial charge < -0.3 is 15.5 Å². The zero-order valence-corrected chi connectivity index (χ0v) is 15.9. The lowest BCUT2D eigenvalue weighted by Crippen LogP contribution is -2.30. The molecule has 0 aliphatic carbocycles. The number of amides is 2. The number of hydrogen-bond acceptors (Lipinski definition) is 3. The molecule has 0 bridgehead atoms. The fraction of sp³-hybridized carbons (Fsp3) is 0.333. The van der Waals surface area contributed by atoms with Gasteiger partial charge in [0, 0.05) is 30.0 Å². The molecule has 0 heterocycles. The molecule has 0 spiro atoms. The van der Waals surface area contributed by atoms with Crippen LogP contribution in [0.2, 0.25) is 0 Å². The summed E-state index contributed by atoms with van der Waals surface area (Å²) in [4.78, 5) is 26.4. The van der Waals surface area contributed by atoms with E-state index in [4.69, 9.17) is 0 Å². The Balaban J connectivity index is 2.00. The SMILES string of the molecule is CCN(CC)C(=O)c1cccc(NC(=O)CNc2cccc(C)c2C)c1. The summed E-state index contributed by atoms with van der Waals surface area (Å²) in [7, 11) is 0. The summed E-state index contributed by atoms with van der Waals surface area (Å²) in [5.74, 6) is -0.182. The van der Waals surface area contributed by atoms with Crippen molar-refractivity contribution in [2.75, 3.05) is 30.3 Å². The van der Waals surface area contributed by atoms with Crippen molar-refractivity contribution in [1.29, 1.82) is 0 Å². The van der Waals surface area contributed by atoms with Crippen LogP contribution in [0.4, 0.5) is 11.4 Å². The lowest BCUT2D eigenvalue weighted by molar-refractivity contribution is -0.114. The quantitative estimate of drug-likeness (QED) is 0.795. The van der Waals surface area contributed by atoms with Crippen LogP contribution in [0.25, 0.3) is 0 Å². The summed E-state index contributed by atoms with van der Waals surface area (Å²) in [6, 6.07) is 13.0. The Morgan fingerprint density at radius 2 is 1.69 bits per heavy atom. The third kappa shape index (κ3) is 4.85. The third-order valence-corrected chi connectivity index (χ3v) is 4.49. The molecule has 0 aliphatic heterocycles. The fourth-order valence-corrected chi connectivity index (χ4v) is 2.75. The molecule has 5 heteroatoms. The molecule has 2 aromatic carbocycles. The van der Waals surface area contributed by atoms with Gasteiger partial charge in [-0.2, -0.15) is 0 Å². The average Bonchev–Trinajstić information content (AvgIpc) is 2.64. The highest BCUT2D eigenvalue weighted by Gasteiger charge is 2.13. The third-order valence-electron chi connectivity index (χ3n) is 4.49. The topological polar surface area (TPSA) is 61.4 Å². The first kappa shape index (κ1) is 19.5. The molecule has 2 aromatic rings. The van der Waals surface area contributed by atoms with E-state index in [-0.39, 0.29) is 18.4 Å². The smallest absolute Gasteiger partial charge is 0.253 e. The number of nitrogens with zero attached hydrogens (tertiary/aromatic N) is 1. The van der Waals surface area contributed by atoms with E-state index in [2.05, 4.69) is 10.6 Å². The summed E-state index contributed by atoms with van der Waals surface area (Å²) in [6.45, 7) is 9.45. The molecule has 0 aliphatic rings. The van der Waals surface area contributed by atoms with Gasteiger partial charge in [0.1, 0.15) is 0 Å². The molecule has 0 unspecified atom stereocenters. The predicted octanol–water partition coefficient (Wildman–Crippen LogP) is 3.84. The van der Waals surface area contributed by atoms with Crippen molar-refractivity contribution in [2.45, 2.75) is 27.7 Å². The second-order valence-corrected chi connectivity index (χ2v) is 6.21. The molecule has 5 nitrogen and oxygen atoms in total. The van der Waals surface area contributed by atoms with Crippen LogP contribution in [0.3, 0.4) is 0 Å². The number of rotatable bonds is 7. The van der Waals surface area contributed by atoms with Crippen LogP contribution in [0.5, 0.6) is 0 Å². The number of anilines is 2. The highest BCUT2D eigenvalue weighted by atomic mass is 16.2. The van der Waals surface area contributed by atoms with Gasteiger partial charge in [-0.3, -0.25) is 9.59 Å². The Kier molecular flexibility index (Phi) is 6.78. The molecule has 138 valence electrons. The van der Waals surface area contributed by atoms with Crippen LogP contribution in [-0.2, 0) is 4.79 Å². The molecule has 2 amide bonds. The van der Waals surface area contributed by atoms with E-state index < -0.39 is 0 Å². The van der Waals surface area contributed by atoms with E-state index in [0.29, 0.717) is 24.3 Å². The number of benzene rings is 2. The first-order chi connectivity index (χ1) is 12.5. The first-order valence-corrected chi connectivity index (χ1v) is 8.95. The second kappa shape index (κ2) is 9.04. The van der Waals surface area contributed by atoms with Crippen LogP contribution >= 0.6 is 0 Å². The van der Waals surface area contributed by atoms with Gasteiger partial charge in [0.15, 0.2) is 0 Å². The van der Waals surface area contributed by atoms with Crippen molar-refractivity contribution < 1.29 is 9.59 Å². The van der Waals surface area contributed by atoms with Crippen molar-refractivity contribution >= 4 is 23.2 Å². The van der Waals surface area contributed by atoms with E-state index in [1.807, 2.05) is 45.9 Å². The van der Waals surface area contributed by atoms with Crippen LogP contribution in [0, 0.1) is 13.8 Å². The van der Waals surface area contributed by atoms with Crippen molar-refractivity contribution in [3.05, 3.63) is 59.2 Å². The fourth-order valence-electron chi connectivity index (χ4n) is 2.75. The number of carbonyl (C=O) groups excluding carboxylic acids is 2. The molecule has 0 atom stereocenters. The molecule has 0 radical (unpaired) electrons. The molecule has 0 saturated carbocycles. The van der Waals surface area contributed by atoms with Crippen molar-refractivity contribution in [1.82, 2.24) is 4.90 Å². The van der Waals surface area contributed by atoms with E-state index >= 15 is 0 Å². The lowest BCUT2D eigenvalue weighted by Gasteiger charge is -2.19. The van der Waals surface area contributed by atoms with E-state index in [0.717, 1.165) is 11.3 Å². The van der Waals surface area contributed by atoms with E-state index in [1.165, 1.54) is 5.56 Å². The summed E-state index contributed by atoms with van der Waals surface area (Å²) >= 11 is 0. The lowest BCUT2D eigenvalue weighted by atomic mass is 10.1. The minimum Gasteiger partial charge on any atom is -0.376 e. The van der Waals surface area contributed by atoms with Crippen LogP contribution in [0.15, 0.2) is 42.5 Å². The van der Waals surface area contributed by atoms with Crippen LogP contribution < -0.4 is 10.6 Å². The summed E-state index contributed by atoms with van der Waals surface area (Å²) in [5.41, 5.74) is 4.46. The van der Waals surface area contributed by atoms with Gasteiger partial charge in [0.05, 0.1) is 6.54 Å². The molecule has 2 rings (SSSR count). The van der Waals surface area contributed by atoms with Crippen molar-refractivity contribution in [3.63, 3.8) is 0 Å². The van der Waals surface area contributed by atoms with Crippen LogP contribution in [-0.4, -0.2) is 36.3 Å². The number of nitrogens with one attached hydrogen (secondary N) is 2. The van der Waals surface area contributed by atoms with Gasteiger partial charge in [0.25, 0.3) is 5.91 Å². The Morgan fingerprint density at radius 3 is 2.38 bits per heavy atom. The van der Waals surface area contributed by atoms with Gasteiger partial charge in [-0.1, -0.05) is 18.2 Å². The summed E-state index contributed by atoms with van der Waals surface area (Å²) in [5, 5.41) is 6.00. The number of hydrogen-bond donors (Lipinski definition) is 2. The van der Waals surface area contributed by atoms with Gasteiger partial charge in [-0.25, -0.2) is 0 Å². The maximum absolute atomic E-state index is 12.4. The highest BCUT2D eigenvalue weighted by molar-refractivity contribution is 5.98. The van der Waals surface area contributed by atoms with Crippen LogP contribution in [0.1, 0.15) is 35.3 Å². The molecular weight excluding hydrogens is 326 g/mol. The normalized spacial score (nSPS) is 10.3. The molecule has 2 N–H and O–H groups in total. The summed E-state index contributed by atoms with van der Waals surface area (Å²) in [6.07, 6.45) is 0. The number of carbonyl (C=O) groups is 2. The zero-order valence-electron chi connectivity index (χ0n) is 15.9. The highest BCUT2D eigenvalue weighted by Crippen LogP contribution is 2.18. The zero-order chi connectivity index (χ0) is 19.1. The maximum atomic E-state index is 12.4. The molecule has 0 aromatic heterocycles. The Labute approximate surface area is 155 Å². The Morgan fingerprint density at radius 1 is 1.00 bits per heavy atom. The molecular formula is C21H27N3O2. The van der Waals surface area contributed by atoms with Crippen molar-refractivity contribution in [3.8, 4) is 0 Å². The summed E-state index contributed by atoms with van der Waals surface area (Å²) < 4.78 is 0. The molecule has 0 saturated heterocycles. The maximum Gasteiger partial charge on any atom is 0.253 e. The molecule has 0 fully saturated rings. The van der Waals surface area contributed by atoms with Gasteiger partial charge >= 0.3 is 0 Å². The second-order valence-electron chi connectivity index (χ2n) is 6.21. The monoisotopic (exact) mass is 353 g/mol. The predicted molar refractivity (Wildman–Crippen MR) is 107 cm³/mol. The number of aryl methyl sites for hydroxylation is 1. The van der Waals surface area contributed by atoms with Crippen molar-refractivity contribution in [2.24, 2.45) is 0 Å². The van der Waals surface area contributed by atoms with E-state index in [9.17, 15) is 9.59 Å². The largest absolute Gasteiger partial charge is 0.376 e. The van der Waals surface area contributed by atoms with Gasteiger partial charge in [-0.05, 0) is 63.1 Å². The molecule has 26 heavy (non-hydrogen) atoms. The standard InChI is InChI=1S/C21H27N3O2/c1-5-24(6-2)21(26)17-10-8-11-18(13-17)23-20(25)14-22-19-12-7-9-15(3)16(19)4/h7-13,22H,5-6,14H2,1-4H3,(H,23,25). The van der Waals surface area contributed by atoms with Gasteiger partial charge in [-0.15, -0.1) is 0 Å². The Bertz CT molecular complexity index is 783. The van der Waals surface area contributed by atoms with Gasteiger partial charge in [0.2, 0.25) is 5.91 Å².